The third kappa shape index (κ3) is 2.58. The summed E-state index contributed by atoms with van der Waals surface area (Å²) in [6.07, 6.45) is 0. The highest BCUT2D eigenvalue weighted by molar-refractivity contribution is 9.08. The lowest BCUT2D eigenvalue weighted by molar-refractivity contribution is 0.597. The molecule has 3 nitrogen and oxygen atoms in total. The maximum Gasteiger partial charge on any atom is 0.178 e. The second kappa shape index (κ2) is 4.77. The Bertz CT molecular complexity index is 503. The summed E-state index contributed by atoms with van der Waals surface area (Å²) in [4.78, 5) is 0.214. The zero-order valence-electron chi connectivity index (χ0n) is 8.20. The summed E-state index contributed by atoms with van der Waals surface area (Å²) in [5.41, 5.74) is 1.20. The van der Waals surface area contributed by atoms with Crippen LogP contribution in [-0.2, 0) is 15.2 Å². The molecule has 0 aliphatic rings. The first-order valence-electron chi connectivity index (χ1n) is 4.37. The van der Waals surface area contributed by atoms with Crippen molar-refractivity contribution >= 4 is 25.8 Å². The van der Waals surface area contributed by atoms with Gasteiger partial charge in [-0.05, 0) is 17.7 Å². The van der Waals surface area contributed by atoms with Crippen LogP contribution in [0, 0.1) is 11.3 Å². The molecule has 15 heavy (non-hydrogen) atoms. The highest BCUT2D eigenvalue weighted by atomic mass is 79.9. The molecule has 0 atom stereocenters. The Morgan fingerprint density at radius 2 is 2.13 bits per heavy atom. The molecule has 0 amide bonds. The van der Waals surface area contributed by atoms with E-state index < -0.39 is 9.84 Å². The minimum Gasteiger partial charge on any atom is -0.224 e. The van der Waals surface area contributed by atoms with Crippen molar-refractivity contribution in [3.63, 3.8) is 0 Å². The van der Waals surface area contributed by atoms with Crippen LogP contribution in [0.2, 0.25) is 0 Å². The Hall–Kier alpha value is -0.860. The minimum absolute atomic E-state index is 0.0472. The fraction of sp³-hybridized carbons (Fsp3) is 0.300. The molecular formula is C10H10BrNO2S. The smallest absolute Gasteiger partial charge is 0.178 e. The van der Waals surface area contributed by atoms with E-state index in [1.165, 1.54) is 12.1 Å². The van der Waals surface area contributed by atoms with E-state index in [4.69, 9.17) is 5.26 Å². The summed E-state index contributed by atoms with van der Waals surface area (Å²) in [5.74, 6) is 0.0472. The average molecular weight is 288 g/mol. The van der Waals surface area contributed by atoms with Gasteiger partial charge in [-0.1, -0.05) is 28.9 Å². The lowest BCUT2D eigenvalue weighted by Gasteiger charge is -2.04. The summed E-state index contributed by atoms with van der Waals surface area (Å²) in [5, 5.41) is 9.39. The lowest BCUT2D eigenvalue weighted by Crippen LogP contribution is -2.04. The van der Waals surface area contributed by atoms with Gasteiger partial charge >= 0.3 is 0 Å². The molecule has 0 heterocycles. The van der Waals surface area contributed by atoms with Gasteiger partial charge in [0.05, 0.1) is 22.3 Å². The highest BCUT2D eigenvalue weighted by Crippen LogP contribution is 2.18. The van der Waals surface area contributed by atoms with Crippen molar-refractivity contribution in [3.05, 3.63) is 29.3 Å². The fourth-order valence-electron chi connectivity index (χ4n) is 1.14. The van der Waals surface area contributed by atoms with Crippen LogP contribution in [0.4, 0.5) is 0 Å². The molecule has 1 aromatic rings. The summed E-state index contributed by atoms with van der Waals surface area (Å²) < 4.78 is 23.1. The SMILES string of the molecule is CCS(=O)(=O)c1ccc(CBr)c(C#N)c1. The van der Waals surface area contributed by atoms with Gasteiger partial charge in [0.25, 0.3) is 0 Å². The van der Waals surface area contributed by atoms with Crippen molar-refractivity contribution in [1.29, 1.82) is 5.26 Å². The topological polar surface area (TPSA) is 57.9 Å². The van der Waals surface area contributed by atoms with Crippen LogP contribution >= 0.6 is 15.9 Å². The van der Waals surface area contributed by atoms with E-state index in [-0.39, 0.29) is 10.6 Å². The first kappa shape index (κ1) is 12.2. The molecule has 0 unspecified atom stereocenters. The van der Waals surface area contributed by atoms with E-state index in [1.807, 2.05) is 6.07 Å². The van der Waals surface area contributed by atoms with Gasteiger partial charge in [-0.15, -0.1) is 0 Å². The lowest BCUT2D eigenvalue weighted by atomic mass is 10.1. The van der Waals surface area contributed by atoms with Gasteiger partial charge in [0.1, 0.15) is 0 Å². The van der Waals surface area contributed by atoms with Gasteiger partial charge in [-0.2, -0.15) is 5.26 Å². The molecule has 0 aliphatic heterocycles. The Labute approximate surface area is 97.8 Å². The quantitative estimate of drug-likeness (QED) is 0.801. The molecule has 0 fully saturated rings. The molecule has 1 aromatic carbocycles. The minimum atomic E-state index is -3.22. The van der Waals surface area contributed by atoms with Crippen LogP contribution in [0.15, 0.2) is 23.1 Å². The molecule has 0 aromatic heterocycles. The Kier molecular flexibility index (Phi) is 3.89. The number of rotatable bonds is 3. The van der Waals surface area contributed by atoms with Crippen LogP contribution in [0.3, 0.4) is 0 Å². The van der Waals surface area contributed by atoms with Gasteiger partial charge in [-0.3, -0.25) is 0 Å². The Morgan fingerprint density at radius 3 is 2.60 bits per heavy atom. The third-order valence-corrected chi connectivity index (χ3v) is 4.42. The van der Waals surface area contributed by atoms with Crippen molar-refractivity contribution in [3.8, 4) is 6.07 Å². The molecule has 0 radical (unpaired) electrons. The number of nitrogens with zero attached hydrogens (tertiary/aromatic N) is 1. The molecule has 0 aliphatic carbocycles. The Balaban J connectivity index is 3.34. The predicted octanol–water partition coefficient (Wildman–Crippen LogP) is 2.25. The average Bonchev–Trinajstić information content (AvgIpc) is 2.28. The van der Waals surface area contributed by atoms with Crippen molar-refractivity contribution in [2.75, 3.05) is 5.75 Å². The van der Waals surface area contributed by atoms with Crippen LogP contribution in [0.5, 0.6) is 0 Å². The van der Waals surface area contributed by atoms with Crippen LogP contribution in [0.25, 0.3) is 0 Å². The van der Waals surface area contributed by atoms with E-state index in [9.17, 15) is 8.42 Å². The molecule has 0 spiro atoms. The zero-order chi connectivity index (χ0) is 11.5. The molecular weight excluding hydrogens is 278 g/mol. The summed E-state index contributed by atoms with van der Waals surface area (Å²) in [6, 6.07) is 6.62. The first-order chi connectivity index (χ1) is 7.05. The highest BCUT2D eigenvalue weighted by Gasteiger charge is 2.13. The van der Waals surface area contributed by atoms with Crippen molar-refractivity contribution < 1.29 is 8.42 Å². The van der Waals surface area contributed by atoms with Gasteiger partial charge in [0.2, 0.25) is 0 Å². The standard InChI is InChI=1S/C10H10BrNO2S/c1-2-15(13,14)10-4-3-8(6-11)9(5-10)7-12/h3-5H,2,6H2,1H3. The number of nitriles is 1. The molecule has 0 saturated carbocycles. The van der Waals surface area contributed by atoms with Crippen molar-refractivity contribution in [2.45, 2.75) is 17.1 Å². The van der Waals surface area contributed by atoms with E-state index >= 15 is 0 Å². The molecule has 5 heteroatoms. The summed E-state index contributed by atoms with van der Waals surface area (Å²) in [7, 11) is -3.22. The van der Waals surface area contributed by atoms with Crippen molar-refractivity contribution in [1.82, 2.24) is 0 Å². The zero-order valence-corrected chi connectivity index (χ0v) is 10.6. The normalized spacial score (nSPS) is 11.0. The van der Waals surface area contributed by atoms with Gasteiger partial charge < -0.3 is 0 Å². The second-order valence-corrected chi connectivity index (χ2v) is 5.81. The van der Waals surface area contributed by atoms with Gasteiger partial charge in [0.15, 0.2) is 9.84 Å². The molecule has 0 N–H and O–H groups in total. The molecule has 0 bridgehead atoms. The number of alkyl halides is 1. The van der Waals surface area contributed by atoms with E-state index in [1.54, 1.807) is 13.0 Å². The largest absolute Gasteiger partial charge is 0.224 e. The second-order valence-electron chi connectivity index (χ2n) is 2.97. The fourth-order valence-corrected chi connectivity index (χ4v) is 2.53. The number of hydrogen-bond donors (Lipinski definition) is 0. The number of benzene rings is 1. The third-order valence-electron chi connectivity index (χ3n) is 2.08. The number of halogens is 1. The molecule has 1 rings (SSSR count). The number of sulfone groups is 1. The van der Waals surface area contributed by atoms with Crippen LogP contribution in [-0.4, -0.2) is 14.2 Å². The molecule has 0 saturated heterocycles. The monoisotopic (exact) mass is 287 g/mol. The van der Waals surface area contributed by atoms with Crippen molar-refractivity contribution in [2.24, 2.45) is 0 Å². The van der Waals surface area contributed by atoms with E-state index in [2.05, 4.69) is 15.9 Å². The van der Waals surface area contributed by atoms with E-state index in [0.717, 1.165) is 5.56 Å². The molecule has 80 valence electrons. The maximum absolute atomic E-state index is 11.5. The predicted molar refractivity (Wildman–Crippen MR) is 61.5 cm³/mol. The van der Waals surface area contributed by atoms with E-state index in [0.29, 0.717) is 10.9 Å². The number of hydrogen-bond acceptors (Lipinski definition) is 3. The first-order valence-corrected chi connectivity index (χ1v) is 7.14. The Morgan fingerprint density at radius 1 is 1.47 bits per heavy atom. The summed E-state index contributed by atoms with van der Waals surface area (Å²) in [6.45, 7) is 1.58. The van der Waals surface area contributed by atoms with Crippen LogP contribution < -0.4 is 0 Å². The van der Waals surface area contributed by atoms with Crippen LogP contribution in [0.1, 0.15) is 18.1 Å². The van der Waals surface area contributed by atoms with Gasteiger partial charge in [-0.25, -0.2) is 8.42 Å². The van der Waals surface area contributed by atoms with Gasteiger partial charge in [0, 0.05) is 5.33 Å². The summed E-state index contributed by atoms with van der Waals surface area (Å²) >= 11 is 3.24. The maximum atomic E-state index is 11.5.